The van der Waals surface area contributed by atoms with Crippen LogP contribution in [-0.2, 0) is 11.0 Å². The zero-order valence-electron chi connectivity index (χ0n) is 15.2. The summed E-state index contributed by atoms with van der Waals surface area (Å²) in [6, 6.07) is 30.3. The van der Waals surface area contributed by atoms with Gasteiger partial charge in [0.05, 0.1) is 0 Å². The highest BCUT2D eigenvalue weighted by atomic mass is 31.2. The monoisotopic (exact) mass is 363 g/mol. The first-order valence-electron chi connectivity index (χ1n) is 9.25. The van der Waals surface area contributed by atoms with E-state index in [1.165, 1.54) is 5.56 Å². The fraction of sp³-hybridized carbons (Fsp3) is 0.217. The van der Waals surface area contributed by atoms with Gasteiger partial charge in [0.1, 0.15) is 0 Å². The molecule has 1 unspecified atom stereocenters. The van der Waals surface area contributed by atoms with Crippen LogP contribution in [-0.4, -0.2) is 6.04 Å². The van der Waals surface area contributed by atoms with Crippen LogP contribution < -0.4 is 15.7 Å². The van der Waals surface area contributed by atoms with E-state index < -0.39 is 7.29 Å². The van der Waals surface area contributed by atoms with Crippen molar-refractivity contribution in [3.8, 4) is 0 Å². The van der Waals surface area contributed by atoms with Crippen molar-refractivity contribution in [3.63, 3.8) is 0 Å². The van der Waals surface area contributed by atoms with Gasteiger partial charge in [0.15, 0.2) is 0 Å². The smallest absolute Gasteiger partial charge is 0.204 e. The van der Waals surface area contributed by atoms with Crippen molar-refractivity contribution in [1.29, 1.82) is 0 Å². The van der Waals surface area contributed by atoms with E-state index in [2.05, 4.69) is 36.3 Å². The van der Waals surface area contributed by atoms with Crippen LogP contribution in [0.4, 0.5) is 0 Å². The standard InChI is InChI=1S/C23H26NOP/c1-2-21(19-18-20-12-6-3-7-13-20)24-26(25,22-14-8-4-9-15-22)23-16-10-5-11-17-23/h3-17,21H,2,18-19H2,1H3,(H,24,25). The molecule has 0 saturated carbocycles. The van der Waals surface area contributed by atoms with E-state index in [9.17, 15) is 4.57 Å². The highest BCUT2D eigenvalue weighted by Crippen LogP contribution is 2.40. The Morgan fingerprint density at radius 2 is 1.23 bits per heavy atom. The predicted octanol–water partition coefficient (Wildman–Crippen LogP) is 4.92. The number of aryl methyl sites for hydroxylation is 1. The van der Waals surface area contributed by atoms with Gasteiger partial charge in [0.25, 0.3) is 0 Å². The molecule has 26 heavy (non-hydrogen) atoms. The molecule has 0 saturated heterocycles. The van der Waals surface area contributed by atoms with Gasteiger partial charge in [-0.1, -0.05) is 73.7 Å². The molecular weight excluding hydrogens is 337 g/mol. The molecule has 0 spiro atoms. The predicted molar refractivity (Wildman–Crippen MR) is 112 cm³/mol. The zero-order valence-corrected chi connectivity index (χ0v) is 16.1. The van der Waals surface area contributed by atoms with E-state index in [0.717, 1.165) is 29.9 Å². The summed E-state index contributed by atoms with van der Waals surface area (Å²) in [5.74, 6) is 0. The summed E-state index contributed by atoms with van der Waals surface area (Å²) in [5, 5.41) is 5.27. The minimum atomic E-state index is -2.87. The quantitative estimate of drug-likeness (QED) is 0.576. The molecule has 0 aliphatic heterocycles. The maximum Gasteiger partial charge on any atom is 0.204 e. The summed E-state index contributed by atoms with van der Waals surface area (Å²) in [6.07, 6.45) is 2.89. The second-order valence-electron chi connectivity index (χ2n) is 6.54. The molecule has 0 fully saturated rings. The fourth-order valence-electron chi connectivity index (χ4n) is 3.18. The van der Waals surface area contributed by atoms with Crippen molar-refractivity contribution < 1.29 is 4.57 Å². The van der Waals surface area contributed by atoms with Crippen molar-refractivity contribution in [1.82, 2.24) is 5.09 Å². The summed E-state index contributed by atoms with van der Waals surface area (Å²) >= 11 is 0. The van der Waals surface area contributed by atoms with Crippen LogP contribution in [0.5, 0.6) is 0 Å². The molecule has 3 aromatic carbocycles. The lowest BCUT2D eigenvalue weighted by Gasteiger charge is -2.26. The van der Waals surface area contributed by atoms with Crippen LogP contribution in [0.15, 0.2) is 91.0 Å². The lowest BCUT2D eigenvalue weighted by molar-refractivity contribution is 0.524. The van der Waals surface area contributed by atoms with Crippen LogP contribution in [0, 0.1) is 0 Å². The van der Waals surface area contributed by atoms with E-state index >= 15 is 0 Å². The Balaban J connectivity index is 1.84. The van der Waals surface area contributed by atoms with Crippen molar-refractivity contribution in [2.45, 2.75) is 32.2 Å². The van der Waals surface area contributed by atoms with E-state index in [0.29, 0.717) is 0 Å². The third-order valence-electron chi connectivity index (χ3n) is 4.72. The molecule has 1 N–H and O–H groups in total. The van der Waals surface area contributed by atoms with Crippen LogP contribution in [0.3, 0.4) is 0 Å². The molecule has 0 heterocycles. The number of hydrogen-bond acceptors (Lipinski definition) is 1. The first-order valence-corrected chi connectivity index (χ1v) is 11.0. The Hall–Kier alpha value is -2.15. The lowest BCUT2D eigenvalue weighted by atomic mass is 10.0. The van der Waals surface area contributed by atoms with Crippen molar-refractivity contribution >= 4 is 17.9 Å². The van der Waals surface area contributed by atoms with Crippen molar-refractivity contribution in [3.05, 3.63) is 96.6 Å². The van der Waals surface area contributed by atoms with E-state index in [1.54, 1.807) is 0 Å². The normalized spacial score (nSPS) is 12.7. The highest BCUT2D eigenvalue weighted by Gasteiger charge is 2.29. The Bertz CT molecular complexity index is 790. The lowest BCUT2D eigenvalue weighted by Crippen LogP contribution is -2.35. The van der Waals surface area contributed by atoms with Gasteiger partial charge in [-0.05, 0) is 49.1 Å². The van der Waals surface area contributed by atoms with Gasteiger partial charge in [-0.3, -0.25) is 9.65 Å². The summed E-state index contributed by atoms with van der Waals surface area (Å²) in [5.41, 5.74) is 1.32. The van der Waals surface area contributed by atoms with Gasteiger partial charge in [0.2, 0.25) is 7.29 Å². The zero-order chi connectivity index (χ0) is 18.2. The van der Waals surface area contributed by atoms with Crippen molar-refractivity contribution in [2.24, 2.45) is 0 Å². The second-order valence-corrected chi connectivity index (χ2v) is 9.05. The molecule has 0 radical (unpaired) electrons. The number of rotatable bonds is 8. The SMILES string of the molecule is CCC(CCc1ccccc1)NP(=O)(c1ccccc1)c1ccccc1. The number of nitrogens with one attached hydrogen (secondary N) is 1. The molecule has 1 atom stereocenters. The molecular formula is C23H26NOP. The second kappa shape index (κ2) is 8.98. The molecule has 0 aliphatic rings. The van der Waals surface area contributed by atoms with Gasteiger partial charge in [-0.2, -0.15) is 0 Å². The van der Waals surface area contributed by atoms with E-state index in [4.69, 9.17) is 0 Å². The Morgan fingerprint density at radius 3 is 1.69 bits per heavy atom. The minimum Gasteiger partial charge on any atom is -0.297 e. The fourth-order valence-corrected chi connectivity index (χ4v) is 5.78. The molecule has 134 valence electrons. The Morgan fingerprint density at radius 1 is 0.769 bits per heavy atom. The Kier molecular flexibility index (Phi) is 6.44. The molecule has 0 aliphatic carbocycles. The topological polar surface area (TPSA) is 29.1 Å². The summed E-state index contributed by atoms with van der Waals surface area (Å²) in [4.78, 5) is 0. The minimum absolute atomic E-state index is 0.196. The summed E-state index contributed by atoms with van der Waals surface area (Å²) < 4.78 is 14.1. The summed E-state index contributed by atoms with van der Waals surface area (Å²) in [6.45, 7) is 2.16. The molecule has 3 heteroatoms. The molecule has 0 bridgehead atoms. The largest absolute Gasteiger partial charge is 0.297 e. The highest BCUT2D eigenvalue weighted by molar-refractivity contribution is 7.76. The van der Waals surface area contributed by atoms with Gasteiger partial charge in [-0.15, -0.1) is 0 Å². The van der Waals surface area contributed by atoms with Crippen LogP contribution in [0.2, 0.25) is 0 Å². The first-order chi connectivity index (χ1) is 12.7. The third kappa shape index (κ3) is 4.52. The van der Waals surface area contributed by atoms with Crippen molar-refractivity contribution in [2.75, 3.05) is 0 Å². The first kappa shape index (κ1) is 18.6. The molecule has 3 aromatic rings. The molecule has 0 amide bonds. The maximum absolute atomic E-state index is 14.1. The van der Waals surface area contributed by atoms with E-state index in [-0.39, 0.29) is 6.04 Å². The number of hydrogen-bond donors (Lipinski definition) is 1. The molecule has 2 nitrogen and oxygen atoms in total. The average molecular weight is 363 g/mol. The van der Waals surface area contributed by atoms with Gasteiger partial charge in [-0.25, -0.2) is 0 Å². The Labute approximate surface area is 156 Å². The third-order valence-corrected chi connectivity index (χ3v) is 7.50. The number of benzene rings is 3. The van der Waals surface area contributed by atoms with Gasteiger partial charge in [0, 0.05) is 16.7 Å². The van der Waals surface area contributed by atoms with Crippen LogP contribution in [0.1, 0.15) is 25.3 Å². The molecule has 0 aromatic heterocycles. The molecule has 3 rings (SSSR count). The average Bonchev–Trinajstić information content (AvgIpc) is 2.73. The van der Waals surface area contributed by atoms with Crippen LogP contribution in [0.25, 0.3) is 0 Å². The summed E-state index contributed by atoms with van der Waals surface area (Å²) in [7, 11) is -2.87. The maximum atomic E-state index is 14.1. The van der Waals surface area contributed by atoms with Gasteiger partial charge < -0.3 is 0 Å². The van der Waals surface area contributed by atoms with Crippen LogP contribution >= 0.6 is 7.29 Å². The van der Waals surface area contributed by atoms with E-state index in [1.807, 2.05) is 66.7 Å². The van der Waals surface area contributed by atoms with Gasteiger partial charge >= 0.3 is 0 Å².